The van der Waals surface area contributed by atoms with Gasteiger partial charge in [-0.1, -0.05) is 0 Å². The summed E-state index contributed by atoms with van der Waals surface area (Å²) >= 11 is 0. The Kier molecular flexibility index (Phi) is 0.887. The zero-order chi connectivity index (χ0) is 6.97. The number of imidazole rings is 1. The van der Waals surface area contributed by atoms with Crippen LogP contribution >= 0.6 is 0 Å². The molecule has 2 aromatic heterocycles. The fourth-order valence-electron chi connectivity index (χ4n) is 0.817. The average Bonchev–Trinajstić information content (AvgIpc) is 2.27. The highest BCUT2D eigenvalue weighted by atomic mass is 16.3. The number of rotatable bonds is 0. The maximum Gasteiger partial charge on any atom is 0.237 e. The van der Waals surface area contributed by atoms with Crippen LogP contribution in [0, 0.1) is 0 Å². The van der Waals surface area contributed by atoms with E-state index in [1.54, 1.807) is 22.9 Å². The molecule has 0 aliphatic rings. The van der Waals surface area contributed by atoms with Gasteiger partial charge < -0.3 is 5.11 Å². The third-order valence-electron chi connectivity index (χ3n) is 1.22. The standard InChI is InChI=1S/C6H5N3O/c10-5-4-9-3-1-2-7-6(9)8-5/h1-4,10H. The Morgan fingerprint density at radius 1 is 1.50 bits per heavy atom. The van der Waals surface area contributed by atoms with E-state index in [9.17, 15) is 0 Å². The highest BCUT2D eigenvalue weighted by Gasteiger charge is 1.96. The smallest absolute Gasteiger partial charge is 0.237 e. The van der Waals surface area contributed by atoms with Crippen molar-refractivity contribution in [1.82, 2.24) is 14.4 Å². The van der Waals surface area contributed by atoms with Crippen molar-refractivity contribution in [3.8, 4) is 5.88 Å². The summed E-state index contributed by atoms with van der Waals surface area (Å²) in [4.78, 5) is 7.61. The molecule has 0 fully saturated rings. The third-order valence-corrected chi connectivity index (χ3v) is 1.22. The second-order valence-corrected chi connectivity index (χ2v) is 1.93. The van der Waals surface area contributed by atoms with Crippen molar-refractivity contribution in [1.29, 1.82) is 0 Å². The number of aromatic hydroxyl groups is 1. The van der Waals surface area contributed by atoms with Crippen LogP contribution in [0.2, 0.25) is 0 Å². The number of hydrogen-bond acceptors (Lipinski definition) is 3. The van der Waals surface area contributed by atoms with E-state index in [-0.39, 0.29) is 5.88 Å². The van der Waals surface area contributed by atoms with Gasteiger partial charge in [0, 0.05) is 12.4 Å². The second-order valence-electron chi connectivity index (χ2n) is 1.93. The lowest BCUT2D eigenvalue weighted by atomic mass is 10.7. The van der Waals surface area contributed by atoms with E-state index in [0.717, 1.165) is 0 Å². The van der Waals surface area contributed by atoms with E-state index in [1.807, 2.05) is 0 Å². The molecular weight excluding hydrogens is 130 g/mol. The normalized spacial score (nSPS) is 10.4. The number of hydrogen-bond donors (Lipinski definition) is 1. The van der Waals surface area contributed by atoms with Crippen molar-refractivity contribution in [3.63, 3.8) is 0 Å². The summed E-state index contributed by atoms with van der Waals surface area (Å²) in [6, 6.07) is 1.77. The van der Waals surface area contributed by atoms with Crippen LogP contribution in [0.15, 0.2) is 24.7 Å². The minimum absolute atomic E-state index is 0.00120. The van der Waals surface area contributed by atoms with Crippen LogP contribution in [0.1, 0.15) is 0 Å². The first-order chi connectivity index (χ1) is 4.86. The van der Waals surface area contributed by atoms with Crippen molar-refractivity contribution in [2.45, 2.75) is 0 Å². The van der Waals surface area contributed by atoms with Crippen molar-refractivity contribution >= 4 is 5.78 Å². The van der Waals surface area contributed by atoms with Crippen LogP contribution in [0.25, 0.3) is 5.78 Å². The molecule has 0 aliphatic carbocycles. The van der Waals surface area contributed by atoms with Gasteiger partial charge in [0.25, 0.3) is 0 Å². The minimum atomic E-state index is -0.00120. The van der Waals surface area contributed by atoms with Gasteiger partial charge >= 0.3 is 0 Å². The Morgan fingerprint density at radius 3 is 3.20 bits per heavy atom. The molecule has 10 heavy (non-hydrogen) atoms. The molecule has 0 atom stereocenters. The topological polar surface area (TPSA) is 50.4 Å². The number of fused-ring (bicyclic) bond motifs is 1. The summed E-state index contributed by atoms with van der Waals surface area (Å²) in [6.45, 7) is 0. The molecule has 2 heterocycles. The lowest BCUT2D eigenvalue weighted by Gasteiger charge is -1.85. The lowest BCUT2D eigenvalue weighted by molar-refractivity contribution is 0.457. The van der Waals surface area contributed by atoms with E-state index in [0.29, 0.717) is 5.78 Å². The van der Waals surface area contributed by atoms with Crippen molar-refractivity contribution < 1.29 is 5.11 Å². The Bertz CT molecular complexity index is 322. The molecule has 0 unspecified atom stereocenters. The van der Waals surface area contributed by atoms with Gasteiger partial charge in [-0.15, -0.1) is 0 Å². The molecule has 0 spiro atoms. The molecule has 0 aromatic carbocycles. The van der Waals surface area contributed by atoms with Gasteiger partial charge in [0.05, 0.1) is 6.20 Å². The average molecular weight is 135 g/mol. The first-order valence-electron chi connectivity index (χ1n) is 2.85. The van der Waals surface area contributed by atoms with Crippen LogP contribution in [0.3, 0.4) is 0 Å². The fourth-order valence-corrected chi connectivity index (χ4v) is 0.817. The number of nitrogens with zero attached hydrogens (tertiary/aromatic N) is 3. The number of aromatic nitrogens is 3. The summed E-state index contributed by atoms with van der Waals surface area (Å²) in [5.74, 6) is 0.513. The van der Waals surface area contributed by atoms with E-state index < -0.39 is 0 Å². The Hall–Kier alpha value is -1.58. The van der Waals surface area contributed by atoms with Gasteiger partial charge in [-0.05, 0) is 6.07 Å². The van der Waals surface area contributed by atoms with Gasteiger partial charge in [-0.25, -0.2) is 4.98 Å². The van der Waals surface area contributed by atoms with Crippen LogP contribution in [-0.4, -0.2) is 19.5 Å². The zero-order valence-corrected chi connectivity index (χ0v) is 5.10. The van der Waals surface area contributed by atoms with E-state index in [2.05, 4.69) is 9.97 Å². The third kappa shape index (κ3) is 0.621. The fraction of sp³-hybridized carbons (Fsp3) is 0. The Balaban J connectivity index is 2.88. The second kappa shape index (κ2) is 1.70. The van der Waals surface area contributed by atoms with Crippen LogP contribution < -0.4 is 0 Å². The van der Waals surface area contributed by atoms with Crippen molar-refractivity contribution in [3.05, 3.63) is 24.7 Å². The molecular formula is C6H5N3O. The van der Waals surface area contributed by atoms with Gasteiger partial charge in [0.1, 0.15) is 0 Å². The van der Waals surface area contributed by atoms with Gasteiger partial charge in [-0.2, -0.15) is 4.98 Å². The van der Waals surface area contributed by atoms with Crippen LogP contribution in [0.4, 0.5) is 0 Å². The molecule has 4 nitrogen and oxygen atoms in total. The molecule has 0 radical (unpaired) electrons. The highest BCUT2D eigenvalue weighted by molar-refractivity contribution is 5.31. The Morgan fingerprint density at radius 2 is 2.40 bits per heavy atom. The minimum Gasteiger partial charge on any atom is -0.492 e. The SMILES string of the molecule is Oc1cn2cccnc2n1. The van der Waals surface area contributed by atoms with Gasteiger partial charge in [0.15, 0.2) is 0 Å². The molecule has 4 heteroatoms. The molecule has 0 bridgehead atoms. The monoisotopic (exact) mass is 135 g/mol. The predicted molar refractivity (Wildman–Crippen MR) is 34.7 cm³/mol. The molecule has 0 saturated heterocycles. The largest absolute Gasteiger partial charge is 0.492 e. The maximum atomic E-state index is 8.88. The van der Waals surface area contributed by atoms with E-state index in [4.69, 9.17) is 5.11 Å². The summed E-state index contributed by atoms with van der Waals surface area (Å²) < 4.78 is 1.65. The van der Waals surface area contributed by atoms with E-state index in [1.165, 1.54) is 6.20 Å². The summed E-state index contributed by atoms with van der Waals surface area (Å²) in [7, 11) is 0. The summed E-state index contributed by atoms with van der Waals surface area (Å²) in [5, 5.41) is 8.88. The lowest BCUT2D eigenvalue weighted by Crippen LogP contribution is -1.82. The molecule has 0 amide bonds. The Labute approximate surface area is 56.8 Å². The van der Waals surface area contributed by atoms with Gasteiger partial charge in [0.2, 0.25) is 11.7 Å². The first kappa shape index (κ1) is 5.22. The van der Waals surface area contributed by atoms with Crippen LogP contribution in [0.5, 0.6) is 5.88 Å². The zero-order valence-electron chi connectivity index (χ0n) is 5.10. The molecule has 2 rings (SSSR count). The molecule has 0 saturated carbocycles. The quantitative estimate of drug-likeness (QED) is 0.570. The summed E-state index contributed by atoms with van der Waals surface area (Å²) in [6.07, 6.45) is 4.90. The van der Waals surface area contributed by atoms with Crippen molar-refractivity contribution in [2.24, 2.45) is 0 Å². The molecule has 1 N–H and O–H groups in total. The molecule has 50 valence electrons. The van der Waals surface area contributed by atoms with E-state index >= 15 is 0 Å². The van der Waals surface area contributed by atoms with Gasteiger partial charge in [-0.3, -0.25) is 4.40 Å². The van der Waals surface area contributed by atoms with Crippen molar-refractivity contribution in [2.75, 3.05) is 0 Å². The maximum absolute atomic E-state index is 8.88. The highest BCUT2D eigenvalue weighted by Crippen LogP contribution is 2.05. The van der Waals surface area contributed by atoms with Crippen LogP contribution in [-0.2, 0) is 0 Å². The predicted octanol–water partition coefficient (Wildman–Crippen LogP) is 0.435. The first-order valence-corrected chi connectivity index (χ1v) is 2.85. The molecule has 0 aliphatic heterocycles. The summed E-state index contributed by atoms with van der Waals surface area (Å²) in [5.41, 5.74) is 0. The molecule has 2 aromatic rings.